The van der Waals surface area contributed by atoms with E-state index in [1.165, 1.54) is 54.6 Å². The molecule has 6 aromatic carbocycles. The highest BCUT2D eigenvalue weighted by atomic mass is 16.3. The highest BCUT2D eigenvalue weighted by molar-refractivity contribution is 6.27. The first-order valence-electron chi connectivity index (χ1n) is 12.4. The minimum atomic E-state index is 0.645. The van der Waals surface area contributed by atoms with E-state index in [0.717, 1.165) is 16.7 Å². The fourth-order valence-electron chi connectivity index (χ4n) is 5.62. The van der Waals surface area contributed by atoms with Crippen molar-refractivity contribution >= 4 is 43.4 Å². The molecule has 0 bridgehead atoms. The van der Waals surface area contributed by atoms with Crippen LogP contribution in [-0.2, 0) is 0 Å². The molecule has 3 heteroatoms. The molecule has 8 aromatic rings. The molecule has 0 N–H and O–H groups in total. The number of pyridine rings is 1. The van der Waals surface area contributed by atoms with Gasteiger partial charge in [-0.2, -0.15) is 0 Å². The second-order valence-electron chi connectivity index (χ2n) is 9.45. The van der Waals surface area contributed by atoms with E-state index in [4.69, 9.17) is 4.42 Å². The third kappa shape index (κ3) is 3.08. The first-order chi connectivity index (χ1) is 18.3. The van der Waals surface area contributed by atoms with E-state index in [1.807, 2.05) is 36.7 Å². The van der Waals surface area contributed by atoms with Gasteiger partial charge in [0.2, 0.25) is 5.89 Å². The molecule has 8 rings (SSSR count). The number of benzene rings is 6. The second kappa shape index (κ2) is 7.74. The molecule has 2 heterocycles. The van der Waals surface area contributed by atoms with Crippen molar-refractivity contribution in [2.24, 2.45) is 0 Å². The molecule has 172 valence electrons. The third-order valence-electron chi connectivity index (χ3n) is 7.39. The topological polar surface area (TPSA) is 38.9 Å². The van der Waals surface area contributed by atoms with Gasteiger partial charge in [0, 0.05) is 18.0 Å². The predicted octanol–water partition coefficient (Wildman–Crippen LogP) is 9.12. The fourth-order valence-corrected chi connectivity index (χ4v) is 5.62. The van der Waals surface area contributed by atoms with Crippen molar-refractivity contribution in [2.75, 3.05) is 0 Å². The zero-order chi connectivity index (χ0) is 24.3. The number of oxazole rings is 1. The lowest BCUT2D eigenvalue weighted by Gasteiger charge is -2.16. The Morgan fingerprint density at radius 3 is 1.70 bits per heavy atom. The highest BCUT2D eigenvalue weighted by Gasteiger charge is 2.15. The molecule has 0 spiro atoms. The standard InChI is InChI=1S/C34H20N2O/c1-2-4-31-30(3-1)36-34(37-31)25-7-5-21(6-8-25)26-13-9-23-12-16-29-27(22-17-19-35-20-18-22)14-10-24-11-15-28(26)32(23)33(24)29/h1-20H. The maximum Gasteiger partial charge on any atom is 0.227 e. The summed E-state index contributed by atoms with van der Waals surface area (Å²) < 4.78 is 5.98. The molecule has 0 saturated heterocycles. The quantitative estimate of drug-likeness (QED) is 0.241. The van der Waals surface area contributed by atoms with Crippen LogP contribution in [0.15, 0.2) is 126 Å². The number of hydrogen-bond acceptors (Lipinski definition) is 3. The molecule has 0 aliphatic rings. The molecule has 0 amide bonds. The van der Waals surface area contributed by atoms with Crippen molar-refractivity contribution in [1.29, 1.82) is 0 Å². The highest BCUT2D eigenvalue weighted by Crippen LogP contribution is 2.42. The lowest BCUT2D eigenvalue weighted by Crippen LogP contribution is -1.89. The van der Waals surface area contributed by atoms with Gasteiger partial charge in [0.15, 0.2) is 5.58 Å². The molecule has 0 radical (unpaired) electrons. The van der Waals surface area contributed by atoms with Crippen molar-refractivity contribution in [3.8, 4) is 33.7 Å². The van der Waals surface area contributed by atoms with Gasteiger partial charge in [-0.05, 0) is 91.0 Å². The van der Waals surface area contributed by atoms with Crippen LogP contribution in [0.25, 0.3) is 77.1 Å². The maximum atomic E-state index is 5.98. The van der Waals surface area contributed by atoms with Crippen molar-refractivity contribution in [3.05, 3.63) is 122 Å². The maximum absolute atomic E-state index is 5.98. The summed E-state index contributed by atoms with van der Waals surface area (Å²) in [7, 11) is 0. The molecule has 0 unspecified atom stereocenters. The van der Waals surface area contributed by atoms with Gasteiger partial charge in [0.25, 0.3) is 0 Å². The zero-order valence-electron chi connectivity index (χ0n) is 19.8. The van der Waals surface area contributed by atoms with E-state index in [-0.39, 0.29) is 0 Å². The van der Waals surface area contributed by atoms with Crippen LogP contribution < -0.4 is 0 Å². The third-order valence-corrected chi connectivity index (χ3v) is 7.39. The second-order valence-corrected chi connectivity index (χ2v) is 9.45. The van der Waals surface area contributed by atoms with Gasteiger partial charge in [-0.25, -0.2) is 4.98 Å². The van der Waals surface area contributed by atoms with Gasteiger partial charge in [0.05, 0.1) is 0 Å². The Labute approximate surface area is 213 Å². The lowest BCUT2D eigenvalue weighted by molar-refractivity contribution is 0.620. The number of aromatic nitrogens is 2. The number of fused-ring (bicyclic) bond motifs is 1. The largest absolute Gasteiger partial charge is 0.436 e. The number of nitrogens with zero attached hydrogens (tertiary/aromatic N) is 2. The summed E-state index contributed by atoms with van der Waals surface area (Å²) in [6, 6.07) is 38.5. The Hall–Kier alpha value is -5.02. The SMILES string of the molecule is c1ccc2oc(-c3ccc(-c4ccc5ccc6c(-c7ccncc7)ccc7ccc4c5c76)cc3)nc2c1. The minimum absolute atomic E-state index is 0.645. The van der Waals surface area contributed by atoms with Gasteiger partial charge in [-0.15, -0.1) is 0 Å². The minimum Gasteiger partial charge on any atom is -0.436 e. The van der Waals surface area contributed by atoms with Gasteiger partial charge in [-0.1, -0.05) is 72.8 Å². The fraction of sp³-hybridized carbons (Fsp3) is 0. The molecule has 0 aliphatic heterocycles. The molecular weight excluding hydrogens is 452 g/mol. The van der Waals surface area contributed by atoms with E-state index in [9.17, 15) is 0 Å². The van der Waals surface area contributed by atoms with Crippen LogP contribution in [0.3, 0.4) is 0 Å². The molecule has 2 aromatic heterocycles. The zero-order valence-corrected chi connectivity index (χ0v) is 19.8. The predicted molar refractivity (Wildman–Crippen MR) is 152 cm³/mol. The summed E-state index contributed by atoms with van der Waals surface area (Å²) in [5, 5.41) is 7.67. The Kier molecular flexibility index (Phi) is 4.23. The first-order valence-corrected chi connectivity index (χ1v) is 12.4. The van der Waals surface area contributed by atoms with E-state index >= 15 is 0 Å². The average Bonchev–Trinajstić information content (AvgIpc) is 3.41. The van der Waals surface area contributed by atoms with E-state index in [1.54, 1.807) is 0 Å². The van der Waals surface area contributed by atoms with Crippen LogP contribution in [0.5, 0.6) is 0 Å². The molecular formula is C34H20N2O. The average molecular weight is 473 g/mol. The van der Waals surface area contributed by atoms with Crippen molar-refractivity contribution < 1.29 is 4.42 Å². The summed E-state index contributed by atoms with van der Waals surface area (Å²) in [5.74, 6) is 0.645. The Bertz CT molecular complexity index is 2040. The monoisotopic (exact) mass is 472 g/mol. The van der Waals surface area contributed by atoms with Gasteiger partial charge in [-0.3, -0.25) is 4.98 Å². The van der Waals surface area contributed by atoms with Gasteiger partial charge >= 0.3 is 0 Å². The molecule has 0 saturated carbocycles. The van der Waals surface area contributed by atoms with Crippen LogP contribution in [-0.4, -0.2) is 9.97 Å². The van der Waals surface area contributed by atoms with E-state index in [2.05, 4.69) is 94.9 Å². The normalized spacial score (nSPS) is 11.8. The van der Waals surface area contributed by atoms with Crippen molar-refractivity contribution in [2.45, 2.75) is 0 Å². The summed E-state index contributed by atoms with van der Waals surface area (Å²) in [5.41, 5.74) is 7.46. The summed E-state index contributed by atoms with van der Waals surface area (Å²) in [6.45, 7) is 0. The molecule has 3 nitrogen and oxygen atoms in total. The van der Waals surface area contributed by atoms with Crippen LogP contribution >= 0.6 is 0 Å². The number of rotatable bonds is 3. The smallest absolute Gasteiger partial charge is 0.227 e. The van der Waals surface area contributed by atoms with E-state index in [0.29, 0.717) is 5.89 Å². The Balaban J connectivity index is 1.30. The Morgan fingerprint density at radius 1 is 0.486 bits per heavy atom. The summed E-state index contributed by atoms with van der Waals surface area (Å²) >= 11 is 0. The molecule has 0 aliphatic carbocycles. The lowest BCUT2D eigenvalue weighted by atomic mass is 9.87. The van der Waals surface area contributed by atoms with Crippen LogP contribution in [0.4, 0.5) is 0 Å². The molecule has 0 atom stereocenters. The van der Waals surface area contributed by atoms with Crippen LogP contribution in [0.1, 0.15) is 0 Å². The van der Waals surface area contributed by atoms with E-state index < -0.39 is 0 Å². The van der Waals surface area contributed by atoms with Crippen molar-refractivity contribution in [3.63, 3.8) is 0 Å². The number of hydrogen-bond donors (Lipinski definition) is 0. The van der Waals surface area contributed by atoms with Crippen molar-refractivity contribution in [1.82, 2.24) is 9.97 Å². The van der Waals surface area contributed by atoms with Crippen LogP contribution in [0, 0.1) is 0 Å². The van der Waals surface area contributed by atoms with Crippen LogP contribution in [0.2, 0.25) is 0 Å². The summed E-state index contributed by atoms with van der Waals surface area (Å²) in [6.07, 6.45) is 3.71. The molecule has 0 fully saturated rings. The molecule has 37 heavy (non-hydrogen) atoms. The Morgan fingerprint density at radius 2 is 1.05 bits per heavy atom. The van der Waals surface area contributed by atoms with Gasteiger partial charge < -0.3 is 4.42 Å². The first kappa shape index (κ1) is 20.2. The van der Waals surface area contributed by atoms with Gasteiger partial charge in [0.1, 0.15) is 5.52 Å². The summed E-state index contributed by atoms with van der Waals surface area (Å²) in [4.78, 5) is 8.86. The number of para-hydroxylation sites is 2.